The Kier molecular flexibility index (Phi) is 2.80. The van der Waals surface area contributed by atoms with Crippen LogP contribution in [0.1, 0.15) is 4.88 Å². The maximum absolute atomic E-state index is 12.4. The van der Waals surface area contributed by atoms with Gasteiger partial charge in [-0.3, -0.25) is 9.36 Å². The number of nitrogens with zero attached hydrogens (tertiary/aromatic N) is 2. The van der Waals surface area contributed by atoms with Gasteiger partial charge >= 0.3 is 0 Å². The van der Waals surface area contributed by atoms with E-state index in [9.17, 15) is 4.79 Å². The quantitative estimate of drug-likeness (QED) is 0.687. The third-order valence-electron chi connectivity index (χ3n) is 2.68. The number of aromatic nitrogens is 2. The first-order chi connectivity index (χ1) is 8.65. The summed E-state index contributed by atoms with van der Waals surface area (Å²) in [6.07, 6.45) is 3.55. The maximum atomic E-state index is 12.4. The van der Waals surface area contributed by atoms with Gasteiger partial charge in [0, 0.05) is 27.1 Å². The molecule has 2 heterocycles. The van der Waals surface area contributed by atoms with Gasteiger partial charge in [-0.2, -0.15) is 0 Å². The van der Waals surface area contributed by atoms with E-state index < -0.39 is 0 Å². The number of rotatable bonds is 1. The first-order valence-electron chi connectivity index (χ1n) is 5.39. The van der Waals surface area contributed by atoms with Crippen LogP contribution >= 0.6 is 27.3 Å². The van der Waals surface area contributed by atoms with Crippen LogP contribution in [-0.2, 0) is 0 Å². The summed E-state index contributed by atoms with van der Waals surface area (Å²) in [5, 5.41) is 2.34. The van der Waals surface area contributed by atoms with E-state index in [1.165, 1.54) is 11.3 Å². The molecule has 0 unspecified atom stereocenters. The lowest BCUT2D eigenvalue weighted by molar-refractivity contribution is 0.988. The molecule has 0 aliphatic rings. The highest BCUT2D eigenvalue weighted by molar-refractivity contribution is 9.10. The normalized spacial score (nSPS) is 11.0. The van der Waals surface area contributed by atoms with Gasteiger partial charge in [-0.25, -0.2) is 4.98 Å². The minimum Gasteiger partial charge on any atom is -0.268 e. The smallest absolute Gasteiger partial charge is 0.264 e. The first-order valence-corrected chi connectivity index (χ1v) is 7.00. The van der Waals surface area contributed by atoms with Gasteiger partial charge in [0.05, 0.1) is 0 Å². The fraction of sp³-hybridized carbons (Fsp3) is 0.0769. The summed E-state index contributed by atoms with van der Waals surface area (Å²) < 4.78 is 2.49. The van der Waals surface area contributed by atoms with Crippen molar-refractivity contribution in [3.8, 4) is 5.13 Å². The largest absolute Gasteiger partial charge is 0.268 e. The van der Waals surface area contributed by atoms with E-state index in [0.29, 0.717) is 10.5 Å². The van der Waals surface area contributed by atoms with Gasteiger partial charge in [-0.1, -0.05) is 22.0 Å². The fourth-order valence-electron chi connectivity index (χ4n) is 1.82. The molecule has 0 N–H and O–H groups in total. The van der Waals surface area contributed by atoms with E-state index >= 15 is 0 Å². The molecule has 0 amide bonds. The SMILES string of the molecule is Cc1cnc(-n2ccc3ccc(Br)cc3c2=O)s1. The van der Waals surface area contributed by atoms with Gasteiger partial charge in [0.2, 0.25) is 0 Å². The fourth-order valence-corrected chi connectivity index (χ4v) is 2.92. The minimum absolute atomic E-state index is 0.0387. The number of hydrogen-bond donors (Lipinski definition) is 0. The summed E-state index contributed by atoms with van der Waals surface area (Å²) in [5.74, 6) is 0. The zero-order valence-electron chi connectivity index (χ0n) is 9.55. The van der Waals surface area contributed by atoms with E-state index in [2.05, 4.69) is 20.9 Å². The maximum Gasteiger partial charge on any atom is 0.264 e. The number of halogens is 1. The summed E-state index contributed by atoms with van der Waals surface area (Å²) in [6, 6.07) is 7.63. The summed E-state index contributed by atoms with van der Waals surface area (Å²) >= 11 is 4.90. The van der Waals surface area contributed by atoms with Crippen LogP contribution in [-0.4, -0.2) is 9.55 Å². The molecular weight excluding hydrogens is 312 g/mol. The monoisotopic (exact) mass is 320 g/mol. The average molecular weight is 321 g/mol. The third-order valence-corrected chi connectivity index (χ3v) is 4.09. The Bertz CT molecular complexity index is 791. The average Bonchev–Trinajstić information content (AvgIpc) is 2.77. The molecule has 3 aromatic rings. The highest BCUT2D eigenvalue weighted by Crippen LogP contribution is 2.19. The van der Waals surface area contributed by atoms with E-state index in [0.717, 1.165) is 14.7 Å². The summed E-state index contributed by atoms with van der Waals surface area (Å²) in [7, 11) is 0. The Morgan fingerprint density at radius 1 is 1.33 bits per heavy atom. The lowest BCUT2D eigenvalue weighted by Gasteiger charge is -2.03. The van der Waals surface area contributed by atoms with Gasteiger partial charge in [0.1, 0.15) is 0 Å². The van der Waals surface area contributed by atoms with Crippen molar-refractivity contribution in [2.45, 2.75) is 6.92 Å². The summed E-state index contributed by atoms with van der Waals surface area (Å²) in [4.78, 5) is 17.7. The van der Waals surface area contributed by atoms with E-state index in [1.54, 1.807) is 17.0 Å². The van der Waals surface area contributed by atoms with Gasteiger partial charge in [-0.05, 0) is 30.5 Å². The minimum atomic E-state index is -0.0387. The van der Waals surface area contributed by atoms with Crippen molar-refractivity contribution in [3.05, 3.63) is 56.4 Å². The van der Waals surface area contributed by atoms with E-state index in [1.807, 2.05) is 31.2 Å². The van der Waals surface area contributed by atoms with Crippen LogP contribution in [0.15, 0.2) is 45.9 Å². The van der Waals surface area contributed by atoms with Crippen molar-refractivity contribution in [3.63, 3.8) is 0 Å². The molecule has 18 heavy (non-hydrogen) atoms. The van der Waals surface area contributed by atoms with Gasteiger partial charge in [0.25, 0.3) is 5.56 Å². The Morgan fingerprint density at radius 2 is 2.17 bits per heavy atom. The van der Waals surface area contributed by atoms with Crippen molar-refractivity contribution in [1.29, 1.82) is 0 Å². The highest BCUT2D eigenvalue weighted by Gasteiger charge is 2.07. The summed E-state index contributed by atoms with van der Waals surface area (Å²) in [6.45, 7) is 1.98. The van der Waals surface area contributed by atoms with Crippen LogP contribution in [0.2, 0.25) is 0 Å². The molecule has 0 aliphatic carbocycles. The standard InChI is InChI=1S/C13H9BrN2OS/c1-8-7-15-13(18-8)16-5-4-9-2-3-10(14)6-11(9)12(16)17/h2-7H,1H3. The molecule has 3 nitrogen and oxygen atoms in total. The molecule has 0 aliphatic heterocycles. The third kappa shape index (κ3) is 1.89. The predicted octanol–water partition coefficient (Wildman–Crippen LogP) is 3.52. The summed E-state index contributed by atoms with van der Waals surface area (Å²) in [5.41, 5.74) is -0.0387. The van der Waals surface area contributed by atoms with Crippen molar-refractivity contribution >= 4 is 38.0 Å². The van der Waals surface area contributed by atoms with E-state index in [4.69, 9.17) is 0 Å². The van der Waals surface area contributed by atoms with E-state index in [-0.39, 0.29) is 5.56 Å². The van der Waals surface area contributed by atoms with Crippen molar-refractivity contribution in [2.75, 3.05) is 0 Å². The molecule has 1 aromatic carbocycles. The van der Waals surface area contributed by atoms with Gasteiger partial charge < -0.3 is 0 Å². The van der Waals surface area contributed by atoms with Crippen LogP contribution in [0.4, 0.5) is 0 Å². The molecule has 3 rings (SSSR count). The lowest BCUT2D eigenvalue weighted by atomic mass is 10.2. The van der Waals surface area contributed by atoms with Gasteiger partial charge in [-0.15, -0.1) is 11.3 Å². The number of thiazole rings is 1. The first kappa shape index (κ1) is 11.6. The Hall–Kier alpha value is -1.46. The Balaban J connectivity index is 2.32. The van der Waals surface area contributed by atoms with Crippen LogP contribution in [0.3, 0.4) is 0 Å². The number of pyridine rings is 1. The van der Waals surface area contributed by atoms with Crippen LogP contribution in [0.5, 0.6) is 0 Å². The molecule has 0 saturated carbocycles. The Morgan fingerprint density at radius 3 is 2.89 bits per heavy atom. The molecular formula is C13H9BrN2OS. The molecule has 5 heteroatoms. The Labute approximate surface area is 116 Å². The second-order valence-electron chi connectivity index (χ2n) is 3.98. The lowest BCUT2D eigenvalue weighted by Crippen LogP contribution is -2.17. The number of benzene rings is 1. The van der Waals surface area contributed by atoms with Crippen LogP contribution < -0.4 is 5.56 Å². The molecule has 0 fully saturated rings. The zero-order chi connectivity index (χ0) is 12.7. The van der Waals surface area contributed by atoms with Crippen molar-refractivity contribution in [2.24, 2.45) is 0 Å². The topological polar surface area (TPSA) is 34.9 Å². The second kappa shape index (κ2) is 4.33. The highest BCUT2D eigenvalue weighted by atomic mass is 79.9. The molecule has 0 atom stereocenters. The van der Waals surface area contributed by atoms with Crippen LogP contribution in [0.25, 0.3) is 15.9 Å². The number of hydrogen-bond acceptors (Lipinski definition) is 3. The van der Waals surface area contributed by atoms with Crippen molar-refractivity contribution < 1.29 is 0 Å². The molecule has 0 spiro atoms. The van der Waals surface area contributed by atoms with Crippen LogP contribution in [0, 0.1) is 6.92 Å². The zero-order valence-corrected chi connectivity index (χ0v) is 12.0. The number of fused-ring (bicyclic) bond motifs is 1. The molecule has 0 bridgehead atoms. The van der Waals surface area contributed by atoms with Crippen molar-refractivity contribution in [1.82, 2.24) is 9.55 Å². The number of aryl methyl sites for hydroxylation is 1. The molecule has 0 radical (unpaired) electrons. The molecule has 0 saturated heterocycles. The predicted molar refractivity (Wildman–Crippen MR) is 77.7 cm³/mol. The van der Waals surface area contributed by atoms with Gasteiger partial charge in [0.15, 0.2) is 5.13 Å². The second-order valence-corrected chi connectivity index (χ2v) is 6.10. The molecule has 2 aromatic heterocycles. The molecule has 90 valence electrons.